The van der Waals surface area contributed by atoms with Gasteiger partial charge in [0.2, 0.25) is 0 Å². The summed E-state index contributed by atoms with van der Waals surface area (Å²) in [4.78, 5) is 17.2. The first-order chi connectivity index (χ1) is 15.5. The molecule has 3 aromatic rings. The minimum Gasteiger partial charge on any atom is -0.367 e. The van der Waals surface area contributed by atoms with Gasteiger partial charge in [0.05, 0.1) is 27.0 Å². The van der Waals surface area contributed by atoms with E-state index in [1.807, 2.05) is 12.1 Å². The predicted molar refractivity (Wildman–Crippen MR) is 141 cm³/mol. The van der Waals surface area contributed by atoms with Gasteiger partial charge in [0, 0.05) is 32.6 Å². The van der Waals surface area contributed by atoms with E-state index in [0.717, 1.165) is 56.0 Å². The van der Waals surface area contributed by atoms with Crippen molar-refractivity contribution in [1.82, 2.24) is 0 Å². The molecule has 1 saturated heterocycles. The smallest absolute Gasteiger partial charge is 0.251 e. The Labute approximate surface area is 210 Å². The van der Waals surface area contributed by atoms with Crippen molar-refractivity contribution in [1.29, 1.82) is 0 Å². The topological polar surface area (TPSA) is 49.6 Å². The molecule has 33 heavy (non-hydrogen) atoms. The molecule has 0 spiro atoms. The highest BCUT2D eigenvalue weighted by Crippen LogP contribution is 2.45. The molecule has 5 rings (SSSR count). The van der Waals surface area contributed by atoms with Crippen molar-refractivity contribution < 1.29 is 4.79 Å². The summed E-state index contributed by atoms with van der Waals surface area (Å²) < 4.78 is 0. The number of carbonyl (C=O) groups excluding carboxylic acids is 1. The molecule has 0 aromatic heterocycles. The second-order valence-electron chi connectivity index (χ2n) is 8.38. The van der Waals surface area contributed by atoms with Crippen LogP contribution < -0.4 is 15.5 Å². The molecule has 1 amide bonds. The van der Waals surface area contributed by atoms with Gasteiger partial charge < -0.3 is 15.5 Å². The number of nitrogens with zero attached hydrogens (tertiary/aromatic N) is 2. The average Bonchev–Trinajstić information content (AvgIpc) is 3.18. The quantitative estimate of drug-likeness (QED) is 0.374. The summed E-state index contributed by atoms with van der Waals surface area (Å²) in [5.74, 6) is -0.351. The number of aryl methyl sites for hydroxylation is 1. The van der Waals surface area contributed by atoms with Crippen LogP contribution >= 0.6 is 35.6 Å². The Hall–Kier alpha value is -2.40. The van der Waals surface area contributed by atoms with E-state index in [1.165, 1.54) is 22.3 Å². The first-order valence-corrected chi connectivity index (χ1v) is 11.8. The van der Waals surface area contributed by atoms with Crippen LogP contribution in [0.5, 0.6) is 0 Å². The maximum absolute atomic E-state index is 12.6. The molecule has 0 unspecified atom stereocenters. The molecule has 0 saturated carbocycles. The van der Waals surface area contributed by atoms with Crippen molar-refractivity contribution in [3.05, 3.63) is 80.8 Å². The molecule has 1 fully saturated rings. The Morgan fingerprint density at radius 1 is 0.970 bits per heavy atom. The van der Waals surface area contributed by atoms with E-state index in [2.05, 4.69) is 47.1 Å². The Morgan fingerprint density at radius 2 is 1.67 bits per heavy atom. The lowest BCUT2D eigenvalue weighted by molar-refractivity contribution is 0.1000. The first-order valence-electron chi connectivity index (χ1n) is 11.0. The van der Waals surface area contributed by atoms with Crippen LogP contribution in [0.3, 0.4) is 0 Å². The van der Waals surface area contributed by atoms with E-state index in [9.17, 15) is 4.79 Å². The summed E-state index contributed by atoms with van der Waals surface area (Å²) in [5.41, 5.74) is 14.6. The molecule has 1 heterocycles. The van der Waals surface area contributed by atoms with Crippen molar-refractivity contribution in [2.45, 2.75) is 19.8 Å². The van der Waals surface area contributed by atoms with Gasteiger partial charge >= 0.3 is 0 Å². The van der Waals surface area contributed by atoms with Crippen molar-refractivity contribution in [2.75, 3.05) is 36.0 Å². The third kappa shape index (κ3) is 4.05. The van der Waals surface area contributed by atoms with Crippen LogP contribution in [0.25, 0.3) is 11.1 Å². The Bertz CT molecular complexity index is 1220. The minimum absolute atomic E-state index is 0. The van der Waals surface area contributed by atoms with E-state index in [0.29, 0.717) is 15.6 Å². The number of rotatable bonds is 4. The van der Waals surface area contributed by atoms with E-state index < -0.39 is 0 Å². The molecular weight excluding hydrogens is 477 g/mol. The van der Waals surface area contributed by atoms with Gasteiger partial charge in [0.1, 0.15) is 0 Å². The van der Waals surface area contributed by atoms with Gasteiger partial charge in [0.15, 0.2) is 0 Å². The number of hydrogen-bond acceptors (Lipinski definition) is 3. The van der Waals surface area contributed by atoms with Gasteiger partial charge in [-0.1, -0.05) is 60.5 Å². The predicted octanol–water partition coefficient (Wildman–Crippen LogP) is 5.97. The van der Waals surface area contributed by atoms with Crippen molar-refractivity contribution in [3.63, 3.8) is 0 Å². The largest absolute Gasteiger partial charge is 0.367 e. The SMILES string of the molecule is CCc1cc2c(c(N3CCN(c4cccc(Cl)c4Cl)CC3)c1C(N)=O)Cc1ccccc1-2.Cl. The zero-order valence-electron chi connectivity index (χ0n) is 18.4. The Kier molecular flexibility index (Phi) is 6.81. The van der Waals surface area contributed by atoms with Crippen LogP contribution in [-0.4, -0.2) is 32.1 Å². The minimum atomic E-state index is -0.351. The summed E-state index contributed by atoms with van der Waals surface area (Å²) in [6.45, 7) is 5.21. The van der Waals surface area contributed by atoms with Crippen molar-refractivity contribution in [2.24, 2.45) is 5.73 Å². The van der Waals surface area contributed by atoms with Gasteiger partial charge in [-0.3, -0.25) is 4.79 Å². The van der Waals surface area contributed by atoms with E-state index in [-0.39, 0.29) is 18.3 Å². The molecular formula is C26H26Cl3N3O. The summed E-state index contributed by atoms with van der Waals surface area (Å²) >= 11 is 12.7. The molecule has 1 aliphatic heterocycles. The monoisotopic (exact) mass is 501 g/mol. The van der Waals surface area contributed by atoms with E-state index >= 15 is 0 Å². The molecule has 1 aliphatic carbocycles. The van der Waals surface area contributed by atoms with Gasteiger partial charge in [-0.15, -0.1) is 12.4 Å². The number of carbonyl (C=O) groups is 1. The second kappa shape index (κ2) is 9.46. The van der Waals surface area contributed by atoms with Crippen LogP contribution in [-0.2, 0) is 12.8 Å². The third-order valence-corrected chi connectivity index (χ3v) is 7.47. The number of halogens is 3. The number of anilines is 2. The number of hydrogen-bond donors (Lipinski definition) is 1. The van der Waals surface area contributed by atoms with Crippen LogP contribution in [0.2, 0.25) is 10.0 Å². The lowest BCUT2D eigenvalue weighted by Gasteiger charge is -2.39. The lowest BCUT2D eigenvalue weighted by Crippen LogP contribution is -2.47. The molecule has 2 N–H and O–H groups in total. The number of fused-ring (bicyclic) bond motifs is 3. The van der Waals surface area contributed by atoms with Crippen molar-refractivity contribution in [3.8, 4) is 11.1 Å². The molecule has 0 atom stereocenters. The highest BCUT2D eigenvalue weighted by Gasteiger charge is 2.31. The first kappa shape index (κ1) is 23.7. The highest BCUT2D eigenvalue weighted by molar-refractivity contribution is 6.43. The lowest BCUT2D eigenvalue weighted by atomic mass is 9.92. The normalized spacial score (nSPS) is 14.5. The average molecular weight is 503 g/mol. The van der Waals surface area contributed by atoms with Crippen molar-refractivity contribution >= 4 is 52.9 Å². The maximum atomic E-state index is 12.6. The highest BCUT2D eigenvalue weighted by atomic mass is 35.5. The Balaban J connectivity index is 0.00000259. The van der Waals surface area contributed by atoms with Gasteiger partial charge in [0.25, 0.3) is 5.91 Å². The number of amides is 1. The fourth-order valence-electron chi connectivity index (χ4n) is 5.12. The number of primary amides is 1. The van der Waals surface area contributed by atoms with Crippen LogP contribution in [0, 0.1) is 0 Å². The summed E-state index contributed by atoms with van der Waals surface area (Å²) in [6.07, 6.45) is 1.59. The zero-order chi connectivity index (χ0) is 22.4. The zero-order valence-corrected chi connectivity index (χ0v) is 20.7. The van der Waals surface area contributed by atoms with Gasteiger partial charge in [-0.25, -0.2) is 0 Å². The molecule has 3 aromatic carbocycles. The van der Waals surface area contributed by atoms with E-state index in [4.69, 9.17) is 28.9 Å². The number of benzene rings is 3. The second-order valence-corrected chi connectivity index (χ2v) is 9.17. The third-order valence-electron chi connectivity index (χ3n) is 6.66. The fourth-order valence-corrected chi connectivity index (χ4v) is 5.54. The van der Waals surface area contributed by atoms with Crippen LogP contribution in [0.1, 0.15) is 34.0 Å². The number of nitrogens with two attached hydrogens (primary N) is 1. The van der Waals surface area contributed by atoms with Crippen LogP contribution in [0.15, 0.2) is 48.5 Å². The molecule has 0 bridgehead atoms. The summed E-state index contributed by atoms with van der Waals surface area (Å²) in [7, 11) is 0. The summed E-state index contributed by atoms with van der Waals surface area (Å²) in [5, 5.41) is 1.15. The molecule has 172 valence electrons. The van der Waals surface area contributed by atoms with Crippen LogP contribution in [0.4, 0.5) is 11.4 Å². The van der Waals surface area contributed by atoms with E-state index in [1.54, 1.807) is 6.07 Å². The fraction of sp³-hybridized carbons (Fsp3) is 0.269. The number of piperazine rings is 1. The maximum Gasteiger partial charge on any atom is 0.251 e. The molecule has 4 nitrogen and oxygen atoms in total. The Morgan fingerprint density at radius 3 is 2.36 bits per heavy atom. The van der Waals surface area contributed by atoms with Gasteiger partial charge in [-0.05, 0) is 52.4 Å². The molecule has 7 heteroatoms. The standard InChI is InChI=1S/C26H25Cl2N3O.ClH/c1-2-16-14-19-18-7-4-3-6-17(18)15-20(19)25(23(16)26(29)32)31-12-10-30(11-13-31)22-9-5-8-21(27)24(22)28;/h3-9,14H,2,10-13,15H2,1H3,(H2,29,32);1H. The molecule has 2 aliphatic rings. The van der Waals surface area contributed by atoms with Gasteiger partial charge in [-0.2, -0.15) is 0 Å². The molecule has 0 radical (unpaired) electrons. The summed E-state index contributed by atoms with van der Waals surface area (Å²) in [6, 6.07) is 16.4.